The highest BCUT2D eigenvalue weighted by molar-refractivity contribution is 4.81. The van der Waals surface area contributed by atoms with Crippen molar-refractivity contribution in [2.24, 2.45) is 11.7 Å². The monoisotopic (exact) mass is 200 g/mol. The summed E-state index contributed by atoms with van der Waals surface area (Å²) < 4.78 is 5.66. The van der Waals surface area contributed by atoms with Gasteiger partial charge in [-0.15, -0.1) is 0 Å². The van der Waals surface area contributed by atoms with E-state index in [1.54, 1.807) is 0 Å². The van der Waals surface area contributed by atoms with Gasteiger partial charge in [-0.2, -0.15) is 0 Å². The third-order valence-corrected chi connectivity index (χ3v) is 2.83. The van der Waals surface area contributed by atoms with Crippen LogP contribution in [0.4, 0.5) is 0 Å². The minimum absolute atomic E-state index is 0.00501. The first kappa shape index (κ1) is 12.0. The van der Waals surface area contributed by atoms with Crippen LogP contribution in [-0.4, -0.2) is 42.8 Å². The predicted octanol–water partition coefficient (Wildman–Crippen LogP) is 1.08. The molecule has 0 saturated carbocycles. The zero-order valence-corrected chi connectivity index (χ0v) is 9.92. The van der Waals surface area contributed by atoms with Crippen LogP contribution in [0.15, 0.2) is 0 Å². The average Bonchev–Trinajstić information content (AvgIpc) is 2.01. The molecular weight excluding hydrogens is 176 g/mol. The molecule has 0 aromatic rings. The van der Waals surface area contributed by atoms with Crippen LogP contribution in [-0.2, 0) is 4.74 Å². The van der Waals surface area contributed by atoms with E-state index in [0.717, 1.165) is 26.2 Å². The Bertz CT molecular complexity index is 180. The van der Waals surface area contributed by atoms with E-state index < -0.39 is 0 Å². The number of morpholine rings is 1. The maximum atomic E-state index is 6.05. The Morgan fingerprint density at radius 3 is 2.57 bits per heavy atom. The Labute approximate surface area is 87.6 Å². The lowest BCUT2D eigenvalue weighted by Gasteiger charge is -2.39. The molecule has 1 aliphatic rings. The molecule has 1 unspecified atom stereocenters. The lowest BCUT2D eigenvalue weighted by atomic mass is 10.0. The molecule has 0 aliphatic carbocycles. The highest BCUT2D eigenvalue weighted by atomic mass is 16.5. The maximum absolute atomic E-state index is 6.05. The molecule has 0 spiro atoms. The summed E-state index contributed by atoms with van der Waals surface area (Å²) in [5.41, 5.74) is 6.05. The molecule has 2 N–H and O–H groups in total. The minimum Gasteiger partial charge on any atom is -0.373 e. The molecule has 1 heterocycles. The molecule has 3 heteroatoms. The fourth-order valence-corrected chi connectivity index (χ4v) is 1.78. The minimum atomic E-state index is -0.00501. The largest absolute Gasteiger partial charge is 0.373 e. The molecule has 0 aromatic carbocycles. The van der Waals surface area contributed by atoms with Gasteiger partial charge in [0.15, 0.2) is 0 Å². The standard InChI is InChI=1S/C11H24N2O/c1-9(2)10(12)7-13-5-6-14-11(3,4)8-13/h9-10H,5-8,12H2,1-4H3. The lowest BCUT2D eigenvalue weighted by Crippen LogP contribution is -2.52. The van der Waals surface area contributed by atoms with Crippen LogP contribution < -0.4 is 5.73 Å². The van der Waals surface area contributed by atoms with Crippen LogP contribution in [0.1, 0.15) is 27.7 Å². The second kappa shape index (κ2) is 4.60. The molecule has 1 atom stereocenters. The number of hydrogen-bond acceptors (Lipinski definition) is 3. The van der Waals surface area contributed by atoms with Crippen LogP contribution in [0.3, 0.4) is 0 Å². The van der Waals surface area contributed by atoms with Crippen LogP contribution in [0.2, 0.25) is 0 Å². The molecule has 1 aliphatic heterocycles. The summed E-state index contributed by atoms with van der Waals surface area (Å²) in [6, 6.07) is 0.281. The molecule has 0 aromatic heterocycles. The summed E-state index contributed by atoms with van der Waals surface area (Å²) in [5.74, 6) is 0.556. The Morgan fingerprint density at radius 2 is 2.07 bits per heavy atom. The third-order valence-electron chi connectivity index (χ3n) is 2.83. The normalized spacial score (nSPS) is 25.3. The van der Waals surface area contributed by atoms with Gasteiger partial charge in [-0.3, -0.25) is 4.90 Å². The van der Waals surface area contributed by atoms with Crippen LogP contribution in [0, 0.1) is 5.92 Å². The Morgan fingerprint density at radius 1 is 1.43 bits per heavy atom. The number of nitrogens with zero attached hydrogens (tertiary/aromatic N) is 1. The van der Waals surface area contributed by atoms with E-state index in [-0.39, 0.29) is 11.6 Å². The topological polar surface area (TPSA) is 38.5 Å². The van der Waals surface area contributed by atoms with Crippen LogP contribution >= 0.6 is 0 Å². The molecule has 14 heavy (non-hydrogen) atoms. The summed E-state index contributed by atoms with van der Waals surface area (Å²) >= 11 is 0. The number of nitrogens with two attached hydrogens (primary N) is 1. The molecule has 1 fully saturated rings. The second-order valence-electron chi connectivity index (χ2n) is 5.25. The quantitative estimate of drug-likeness (QED) is 0.741. The van der Waals surface area contributed by atoms with Gasteiger partial charge in [0.05, 0.1) is 12.2 Å². The third kappa shape index (κ3) is 3.56. The molecule has 84 valence electrons. The van der Waals surface area contributed by atoms with Crippen LogP contribution in [0.5, 0.6) is 0 Å². The summed E-state index contributed by atoms with van der Waals surface area (Å²) in [7, 11) is 0. The number of ether oxygens (including phenoxy) is 1. The van der Waals surface area contributed by atoms with E-state index in [9.17, 15) is 0 Å². The van der Waals surface area contributed by atoms with Crippen molar-refractivity contribution in [1.82, 2.24) is 4.90 Å². The number of rotatable bonds is 3. The van der Waals surface area contributed by atoms with Gasteiger partial charge in [0.25, 0.3) is 0 Å². The van der Waals surface area contributed by atoms with E-state index in [0.29, 0.717) is 5.92 Å². The van der Waals surface area contributed by atoms with Crippen LogP contribution in [0.25, 0.3) is 0 Å². The molecule has 0 radical (unpaired) electrons. The van der Waals surface area contributed by atoms with Gasteiger partial charge in [-0.05, 0) is 19.8 Å². The van der Waals surface area contributed by atoms with Crippen molar-refractivity contribution >= 4 is 0 Å². The first-order chi connectivity index (χ1) is 6.41. The van der Waals surface area contributed by atoms with E-state index in [2.05, 4.69) is 32.6 Å². The maximum Gasteiger partial charge on any atom is 0.0753 e. The Hall–Kier alpha value is -0.120. The molecule has 0 bridgehead atoms. The second-order valence-corrected chi connectivity index (χ2v) is 5.25. The van der Waals surface area contributed by atoms with Gasteiger partial charge in [-0.25, -0.2) is 0 Å². The fraction of sp³-hybridized carbons (Fsp3) is 1.00. The van der Waals surface area contributed by atoms with E-state index in [1.165, 1.54) is 0 Å². The van der Waals surface area contributed by atoms with Crippen molar-refractivity contribution in [2.45, 2.75) is 39.3 Å². The van der Waals surface area contributed by atoms with Crippen molar-refractivity contribution < 1.29 is 4.74 Å². The van der Waals surface area contributed by atoms with E-state index >= 15 is 0 Å². The molecular formula is C11H24N2O. The smallest absolute Gasteiger partial charge is 0.0753 e. The van der Waals surface area contributed by atoms with E-state index in [4.69, 9.17) is 10.5 Å². The highest BCUT2D eigenvalue weighted by Crippen LogP contribution is 2.16. The van der Waals surface area contributed by atoms with E-state index in [1.807, 2.05) is 0 Å². The van der Waals surface area contributed by atoms with Gasteiger partial charge in [0.2, 0.25) is 0 Å². The van der Waals surface area contributed by atoms with Gasteiger partial charge < -0.3 is 10.5 Å². The van der Waals surface area contributed by atoms with Crippen molar-refractivity contribution in [2.75, 3.05) is 26.2 Å². The SMILES string of the molecule is CC(C)C(N)CN1CCOC(C)(C)C1. The van der Waals surface area contributed by atoms with Crippen molar-refractivity contribution in [1.29, 1.82) is 0 Å². The van der Waals surface area contributed by atoms with Crippen molar-refractivity contribution in [3.63, 3.8) is 0 Å². The summed E-state index contributed by atoms with van der Waals surface area (Å²) in [4.78, 5) is 2.41. The zero-order chi connectivity index (χ0) is 10.8. The van der Waals surface area contributed by atoms with Gasteiger partial charge >= 0.3 is 0 Å². The van der Waals surface area contributed by atoms with Crippen molar-refractivity contribution in [3.05, 3.63) is 0 Å². The highest BCUT2D eigenvalue weighted by Gasteiger charge is 2.28. The summed E-state index contributed by atoms with van der Waals surface area (Å²) in [6.45, 7) is 12.5. The van der Waals surface area contributed by atoms with Gasteiger partial charge in [-0.1, -0.05) is 13.8 Å². The Balaban J connectivity index is 2.38. The van der Waals surface area contributed by atoms with Crippen molar-refractivity contribution in [3.8, 4) is 0 Å². The molecule has 1 saturated heterocycles. The zero-order valence-electron chi connectivity index (χ0n) is 9.92. The first-order valence-corrected chi connectivity index (χ1v) is 5.52. The first-order valence-electron chi connectivity index (χ1n) is 5.52. The molecule has 1 rings (SSSR count). The fourth-order valence-electron chi connectivity index (χ4n) is 1.78. The van der Waals surface area contributed by atoms with Gasteiger partial charge in [0.1, 0.15) is 0 Å². The number of hydrogen-bond donors (Lipinski definition) is 1. The molecule has 0 amide bonds. The summed E-state index contributed by atoms with van der Waals surface area (Å²) in [6.07, 6.45) is 0. The van der Waals surface area contributed by atoms with Gasteiger partial charge in [0, 0.05) is 25.7 Å². The Kier molecular flexibility index (Phi) is 3.93. The average molecular weight is 200 g/mol. The molecule has 3 nitrogen and oxygen atoms in total. The lowest BCUT2D eigenvalue weighted by molar-refractivity contribution is -0.0876. The predicted molar refractivity (Wildman–Crippen MR) is 59.3 cm³/mol. The summed E-state index contributed by atoms with van der Waals surface area (Å²) in [5, 5.41) is 0.